The molecule has 1 fully saturated rings. The highest BCUT2D eigenvalue weighted by Crippen LogP contribution is 2.27. The van der Waals surface area contributed by atoms with Crippen molar-refractivity contribution in [3.63, 3.8) is 0 Å². The van der Waals surface area contributed by atoms with E-state index in [1.807, 2.05) is 0 Å². The Labute approximate surface area is 135 Å². The summed E-state index contributed by atoms with van der Waals surface area (Å²) in [5, 5.41) is 3.05. The first kappa shape index (κ1) is 15.8. The lowest BCUT2D eigenvalue weighted by Gasteiger charge is -2.30. The van der Waals surface area contributed by atoms with Crippen LogP contribution in [0.5, 0.6) is 0 Å². The van der Waals surface area contributed by atoms with Crippen LogP contribution in [0.1, 0.15) is 24.5 Å². The molecule has 3 rings (SSSR count). The number of sulfonamides is 1. The second kappa shape index (κ2) is 6.55. The molecule has 8 nitrogen and oxygen atoms in total. The van der Waals surface area contributed by atoms with Crippen molar-refractivity contribution in [2.24, 2.45) is 0 Å². The van der Waals surface area contributed by atoms with Crippen LogP contribution in [0.4, 0.5) is 11.6 Å². The minimum Gasteiger partial charge on any atom is -0.322 e. The van der Waals surface area contributed by atoms with Gasteiger partial charge in [0, 0.05) is 37.6 Å². The van der Waals surface area contributed by atoms with Gasteiger partial charge in [0.25, 0.3) is 0 Å². The van der Waals surface area contributed by atoms with Gasteiger partial charge < -0.3 is 5.32 Å². The molecule has 0 saturated carbocycles. The van der Waals surface area contributed by atoms with E-state index in [1.54, 1.807) is 31.0 Å². The largest absolute Gasteiger partial charge is 0.322 e. The summed E-state index contributed by atoms with van der Waals surface area (Å²) < 4.78 is 25.0. The van der Waals surface area contributed by atoms with Crippen LogP contribution in [0.3, 0.4) is 0 Å². The summed E-state index contributed by atoms with van der Waals surface area (Å²) in [6.45, 7) is 1.02. The van der Waals surface area contributed by atoms with Gasteiger partial charge in [-0.15, -0.1) is 0 Å². The molecule has 0 bridgehead atoms. The Balaban J connectivity index is 1.77. The minimum absolute atomic E-state index is 0.0505. The van der Waals surface area contributed by atoms with Crippen LogP contribution in [0.2, 0.25) is 0 Å². The molecule has 0 amide bonds. The molecule has 1 aliphatic heterocycles. The van der Waals surface area contributed by atoms with Crippen LogP contribution in [-0.4, -0.2) is 52.0 Å². The van der Waals surface area contributed by atoms with Crippen LogP contribution in [0, 0.1) is 0 Å². The molecule has 2 aromatic rings. The molecule has 1 saturated heterocycles. The number of piperidine rings is 1. The van der Waals surface area contributed by atoms with E-state index in [9.17, 15) is 8.42 Å². The van der Waals surface area contributed by atoms with E-state index in [-0.39, 0.29) is 5.92 Å². The molecule has 9 heteroatoms. The maximum absolute atomic E-state index is 11.7. The average Bonchev–Trinajstić information content (AvgIpc) is 2.55. The molecular weight excluding hydrogens is 316 g/mol. The van der Waals surface area contributed by atoms with E-state index in [4.69, 9.17) is 0 Å². The van der Waals surface area contributed by atoms with E-state index < -0.39 is 10.0 Å². The van der Waals surface area contributed by atoms with Crippen molar-refractivity contribution in [2.45, 2.75) is 18.8 Å². The highest BCUT2D eigenvalue weighted by Gasteiger charge is 2.27. The standard InChI is InChI=1S/C14H18N6O2S/c1-23(21,22)20-6-2-3-11(10-20)12-7-16-9-14(18-12)19-13-8-15-4-5-17-13/h4-5,7-9,11H,2-3,6,10H2,1H3,(H,17,18,19)/t11-/m1/s1. The lowest BCUT2D eigenvalue weighted by Crippen LogP contribution is -2.38. The number of hydrogen-bond acceptors (Lipinski definition) is 7. The minimum atomic E-state index is -3.17. The van der Waals surface area contributed by atoms with Crippen molar-refractivity contribution in [1.29, 1.82) is 0 Å². The van der Waals surface area contributed by atoms with Gasteiger partial charge in [0.1, 0.15) is 11.6 Å². The number of hydrogen-bond donors (Lipinski definition) is 1. The molecule has 2 aromatic heterocycles. The first-order chi connectivity index (χ1) is 11.0. The lowest BCUT2D eigenvalue weighted by molar-refractivity contribution is 0.314. The average molecular weight is 334 g/mol. The zero-order valence-corrected chi connectivity index (χ0v) is 13.6. The quantitative estimate of drug-likeness (QED) is 0.895. The number of rotatable bonds is 4. The summed E-state index contributed by atoms with van der Waals surface area (Å²) in [5.41, 5.74) is 0.784. The highest BCUT2D eigenvalue weighted by atomic mass is 32.2. The van der Waals surface area contributed by atoms with Crippen molar-refractivity contribution in [1.82, 2.24) is 24.2 Å². The third kappa shape index (κ3) is 3.99. The Morgan fingerprint density at radius 1 is 1.17 bits per heavy atom. The first-order valence-electron chi connectivity index (χ1n) is 7.32. The maximum atomic E-state index is 11.7. The summed E-state index contributed by atoms with van der Waals surface area (Å²) in [4.78, 5) is 16.9. The van der Waals surface area contributed by atoms with E-state index in [0.29, 0.717) is 24.7 Å². The predicted molar refractivity (Wildman–Crippen MR) is 85.7 cm³/mol. The van der Waals surface area contributed by atoms with Gasteiger partial charge in [-0.3, -0.25) is 9.97 Å². The molecule has 1 atom stereocenters. The van der Waals surface area contributed by atoms with Crippen LogP contribution >= 0.6 is 0 Å². The fraction of sp³-hybridized carbons (Fsp3) is 0.429. The molecule has 122 valence electrons. The second-order valence-electron chi connectivity index (χ2n) is 5.50. The van der Waals surface area contributed by atoms with Crippen molar-refractivity contribution in [2.75, 3.05) is 24.7 Å². The zero-order valence-electron chi connectivity index (χ0n) is 12.8. The van der Waals surface area contributed by atoms with Gasteiger partial charge in [0.05, 0.1) is 24.3 Å². The van der Waals surface area contributed by atoms with Crippen LogP contribution in [0.15, 0.2) is 31.0 Å². The van der Waals surface area contributed by atoms with Gasteiger partial charge in [-0.05, 0) is 12.8 Å². The van der Waals surface area contributed by atoms with Gasteiger partial charge in [0.2, 0.25) is 10.0 Å². The number of aromatic nitrogens is 4. The van der Waals surface area contributed by atoms with E-state index >= 15 is 0 Å². The number of nitrogens with zero attached hydrogens (tertiary/aromatic N) is 5. The van der Waals surface area contributed by atoms with Crippen LogP contribution < -0.4 is 5.32 Å². The molecule has 0 aliphatic carbocycles. The Bertz CT molecular complexity index is 768. The molecule has 0 aromatic carbocycles. The fourth-order valence-electron chi connectivity index (χ4n) is 2.62. The summed E-state index contributed by atoms with van der Waals surface area (Å²) in [7, 11) is -3.17. The Morgan fingerprint density at radius 3 is 2.74 bits per heavy atom. The Morgan fingerprint density at radius 2 is 2.00 bits per heavy atom. The first-order valence-corrected chi connectivity index (χ1v) is 9.17. The van der Waals surface area contributed by atoms with E-state index in [0.717, 1.165) is 18.5 Å². The molecular formula is C14H18N6O2S. The number of anilines is 2. The normalized spacial score (nSPS) is 19.4. The van der Waals surface area contributed by atoms with Crippen molar-refractivity contribution < 1.29 is 8.42 Å². The summed E-state index contributed by atoms with van der Waals surface area (Å²) in [6.07, 6.45) is 11.0. The zero-order chi connectivity index (χ0) is 16.3. The molecule has 1 N–H and O–H groups in total. The lowest BCUT2D eigenvalue weighted by atomic mass is 9.96. The van der Waals surface area contributed by atoms with Gasteiger partial charge >= 0.3 is 0 Å². The van der Waals surface area contributed by atoms with E-state index in [2.05, 4.69) is 25.3 Å². The van der Waals surface area contributed by atoms with Gasteiger partial charge in [-0.1, -0.05) is 0 Å². The van der Waals surface area contributed by atoms with Gasteiger partial charge in [0.15, 0.2) is 0 Å². The van der Waals surface area contributed by atoms with Crippen LogP contribution in [-0.2, 0) is 10.0 Å². The number of nitrogens with one attached hydrogen (secondary N) is 1. The fourth-order valence-corrected chi connectivity index (χ4v) is 3.53. The molecule has 0 spiro atoms. The van der Waals surface area contributed by atoms with Gasteiger partial charge in [-0.25, -0.2) is 22.7 Å². The topological polar surface area (TPSA) is 101 Å². The van der Waals surface area contributed by atoms with Crippen molar-refractivity contribution in [3.8, 4) is 0 Å². The monoisotopic (exact) mass is 334 g/mol. The van der Waals surface area contributed by atoms with Crippen molar-refractivity contribution in [3.05, 3.63) is 36.7 Å². The summed E-state index contributed by atoms with van der Waals surface area (Å²) >= 11 is 0. The highest BCUT2D eigenvalue weighted by molar-refractivity contribution is 7.88. The Hall–Kier alpha value is -2.13. The SMILES string of the molecule is CS(=O)(=O)N1CCC[C@@H](c2cncc(Nc3cnccn3)n2)C1. The smallest absolute Gasteiger partial charge is 0.211 e. The van der Waals surface area contributed by atoms with Crippen LogP contribution in [0.25, 0.3) is 0 Å². The molecule has 23 heavy (non-hydrogen) atoms. The summed E-state index contributed by atoms with van der Waals surface area (Å²) in [5.74, 6) is 1.20. The third-order valence-corrected chi connectivity index (χ3v) is 5.01. The predicted octanol–water partition coefficient (Wildman–Crippen LogP) is 1.15. The van der Waals surface area contributed by atoms with Gasteiger partial charge in [-0.2, -0.15) is 0 Å². The maximum Gasteiger partial charge on any atom is 0.211 e. The second-order valence-corrected chi connectivity index (χ2v) is 7.49. The summed E-state index contributed by atoms with van der Waals surface area (Å²) in [6, 6.07) is 0. The molecule has 1 aliphatic rings. The molecule has 3 heterocycles. The van der Waals surface area contributed by atoms with Crippen molar-refractivity contribution >= 4 is 21.7 Å². The van der Waals surface area contributed by atoms with E-state index in [1.165, 1.54) is 10.6 Å². The molecule has 0 unspecified atom stereocenters. The third-order valence-electron chi connectivity index (χ3n) is 3.74. The Kier molecular flexibility index (Phi) is 4.49. The molecule has 0 radical (unpaired) electrons.